The molecule has 5 nitrogen and oxygen atoms in total. The van der Waals surface area contributed by atoms with Gasteiger partial charge in [-0.1, -0.05) is 25.5 Å². The van der Waals surface area contributed by atoms with Crippen molar-refractivity contribution in [1.82, 2.24) is 14.5 Å². The zero-order chi connectivity index (χ0) is 16.9. The van der Waals surface area contributed by atoms with Gasteiger partial charge >= 0.3 is 0 Å². The van der Waals surface area contributed by atoms with Gasteiger partial charge in [-0.15, -0.1) is 0 Å². The van der Waals surface area contributed by atoms with Crippen LogP contribution in [0.4, 0.5) is 0 Å². The summed E-state index contributed by atoms with van der Waals surface area (Å²) in [7, 11) is 0. The smallest absolute Gasteiger partial charge is 0.223 e. The molecule has 2 heterocycles. The van der Waals surface area contributed by atoms with E-state index < -0.39 is 0 Å². The van der Waals surface area contributed by atoms with Crippen molar-refractivity contribution >= 4 is 16.9 Å². The topological polar surface area (TPSA) is 47.4 Å². The van der Waals surface area contributed by atoms with Gasteiger partial charge in [0.15, 0.2) is 0 Å². The van der Waals surface area contributed by atoms with Gasteiger partial charge in [-0.3, -0.25) is 4.79 Å². The lowest BCUT2D eigenvalue weighted by Crippen LogP contribution is -2.26. The highest BCUT2D eigenvalue weighted by Gasteiger charge is 2.33. The van der Waals surface area contributed by atoms with Crippen LogP contribution in [-0.2, 0) is 16.1 Å². The number of fused-ring (bicyclic) bond motifs is 1. The van der Waals surface area contributed by atoms with Gasteiger partial charge in [0.2, 0.25) is 5.91 Å². The van der Waals surface area contributed by atoms with Crippen molar-refractivity contribution in [2.24, 2.45) is 0 Å². The third-order valence-electron chi connectivity index (χ3n) is 4.71. The fourth-order valence-corrected chi connectivity index (χ4v) is 3.45. The molecule has 130 valence electrons. The molecular weight excluding hydrogens is 302 g/mol. The number of nitrogens with zero attached hydrogens (tertiary/aromatic N) is 3. The lowest BCUT2D eigenvalue weighted by Gasteiger charge is -2.17. The SMILES string of the molecule is CCCCN1C[C@@H](c2nc3ccccc3n2CCOCC)CC1=O. The molecule has 0 saturated carbocycles. The van der Waals surface area contributed by atoms with Gasteiger partial charge in [-0.2, -0.15) is 0 Å². The number of benzene rings is 1. The van der Waals surface area contributed by atoms with Gasteiger partial charge in [-0.25, -0.2) is 4.98 Å². The lowest BCUT2D eigenvalue weighted by molar-refractivity contribution is -0.127. The number of para-hydroxylation sites is 2. The Kier molecular flexibility index (Phi) is 5.51. The van der Waals surface area contributed by atoms with Crippen molar-refractivity contribution in [2.75, 3.05) is 26.3 Å². The third-order valence-corrected chi connectivity index (χ3v) is 4.71. The van der Waals surface area contributed by atoms with Crippen LogP contribution in [0, 0.1) is 0 Å². The summed E-state index contributed by atoms with van der Waals surface area (Å²) in [6.07, 6.45) is 2.75. The molecule has 1 atom stereocenters. The van der Waals surface area contributed by atoms with Crippen LogP contribution in [0.3, 0.4) is 0 Å². The van der Waals surface area contributed by atoms with Gasteiger partial charge < -0.3 is 14.2 Å². The number of amides is 1. The zero-order valence-corrected chi connectivity index (χ0v) is 14.7. The molecule has 1 aromatic heterocycles. The number of likely N-dealkylation sites (tertiary alicyclic amines) is 1. The van der Waals surface area contributed by atoms with Gasteiger partial charge in [0.1, 0.15) is 5.82 Å². The fourth-order valence-electron chi connectivity index (χ4n) is 3.45. The van der Waals surface area contributed by atoms with Crippen molar-refractivity contribution in [3.63, 3.8) is 0 Å². The molecule has 1 amide bonds. The minimum Gasteiger partial charge on any atom is -0.380 e. The Labute approximate surface area is 143 Å². The van der Waals surface area contributed by atoms with E-state index in [0.717, 1.165) is 49.3 Å². The lowest BCUT2D eigenvalue weighted by atomic mass is 10.1. The van der Waals surface area contributed by atoms with Crippen molar-refractivity contribution in [3.8, 4) is 0 Å². The first-order valence-electron chi connectivity index (χ1n) is 9.05. The molecule has 1 saturated heterocycles. The number of aromatic nitrogens is 2. The van der Waals surface area contributed by atoms with E-state index in [-0.39, 0.29) is 11.8 Å². The van der Waals surface area contributed by atoms with Crippen LogP contribution in [0.5, 0.6) is 0 Å². The minimum absolute atomic E-state index is 0.184. The maximum atomic E-state index is 12.3. The van der Waals surface area contributed by atoms with E-state index in [9.17, 15) is 4.79 Å². The summed E-state index contributed by atoms with van der Waals surface area (Å²) in [6.45, 7) is 7.99. The number of unbranched alkanes of at least 4 members (excludes halogenated alkanes) is 1. The summed E-state index contributed by atoms with van der Waals surface area (Å²) in [5, 5.41) is 0. The van der Waals surface area contributed by atoms with E-state index in [2.05, 4.69) is 17.6 Å². The van der Waals surface area contributed by atoms with E-state index in [0.29, 0.717) is 19.6 Å². The number of ether oxygens (including phenoxy) is 1. The summed E-state index contributed by atoms with van der Waals surface area (Å²) in [6, 6.07) is 8.20. The van der Waals surface area contributed by atoms with Gasteiger partial charge in [0.25, 0.3) is 0 Å². The molecule has 1 aromatic carbocycles. The Morgan fingerprint density at radius 3 is 2.88 bits per heavy atom. The van der Waals surface area contributed by atoms with Crippen LogP contribution < -0.4 is 0 Å². The molecule has 0 radical (unpaired) electrons. The highest BCUT2D eigenvalue weighted by atomic mass is 16.5. The van der Waals surface area contributed by atoms with Crippen LogP contribution in [0.25, 0.3) is 11.0 Å². The van der Waals surface area contributed by atoms with Crippen LogP contribution in [0.2, 0.25) is 0 Å². The summed E-state index contributed by atoms with van der Waals surface area (Å²) in [5.41, 5.74) is 2.13. The van der Waals surface area contributed by atoms with E-state index in [1.807, 2.05) is 30.0 Å². The van der Waals surface area contributed by atoms with Crippen molar-refractivity contribution < 1.29 is 9.53 Å². The summed E-state index contributed by atoms with van der Waals surface area (Å²) >= 11 is 0. The van der Waals surface area contributed by atoms with Gasteiger partial charge in [-0.05, 0) is 25.5 Å². The van der Waals surface area contributed by atoms with Crippen LogP contribution in [0.15, 0.2) is 24.3 Å². The number of carbonyl (C=O) groups excluding carboxylic acids is 1. The Morgan fingerprint density at radius 2 is 2.08 bits per heavy atom. The second-order valence-corrected chi connectivity index (χ2v) is 6.40. The number of hydrogen-bond donors (Lipinski definition) is 0. The van der Waals surface area contributed by atoms with Gasteiger partial charge in [0.05, 0.1) is 17.6 Å². The second-order valence-electron chi connectivity index (χ2n) is 6.40. The molecule has 2 aromatic rings. The molecule has 24 heavy (non-hydrogen) atoms. The fraction of sp³-hybridized carbons (Fsp3) is 0.579. The minimum atomic E-state index is 0.184. The van der Waals surface area contributed by atoms with Crippen LogP contribution in [0.1, 0.15) is 44.9 Å². The number of hydrogen-bond acceptors (Lipinski definition) is 3. The standard InChI is InChI=1S/C19H27N3O2/c1-3-5-10-21-14-15(13-18(21)23)19-20-16-8-6-7-9-17(16)22(19)11-12-24-4-2/h6-9,15H,3-5,10-14H2,1-2H3/t15-/m0/s1. The maximum Gasteiger partial charge on any atom is 0.223 e. The van der Waals surface area contributed by atoms with Gasteiger partial charge in [0, 0.05) is 38.6 Å². The van der Waals surface area contributed by atoms with E-state index in [1.54, 1.807) is 0 Å². The number of rotatable bonds is 8. The molecule has 5 heteroatoms. The monoisotopic (exact) mass is 329 g/mol. The van der Waals surface area contributed by atoms with Crippen molar-refractivity contribution in [3.05, 3.63) is 30.1 Å². The van der Waals surface area contributed by atoms with Crippen LogP contribution in [-0.4, -0.2) is 46.7 Å². The Bertz CT molecular complexity index is 695. The Balaban J connectivity index is 1.85. The zero-order valence-electron chi connectivity index (χ0n) is 14.7. The molecule has 1 fully saturated rings. The maximum absolute atomic E-state index is 12.3. The highest BCUT2D eigenvalue weighted by molar-refractivity contribution is 5.80. The van der Waals surface area contributed by atoms with E-state index >= 15 is 0 Å². The summed E-state index contributed by atoms with van der Waals surface area (Å²) in [5.74, 6) is 1.48. The quantitative estimate of drug-likeness (QED) is 0.699. The summed E-state index contributed by atoms with van der Waals surface area (Å²) < 4.78 is 7.79. The predicted octanol–water partition coefficient (Wildman–Crippen LogP) is 3.19. The Hall–Kier alpha value is -1.88. The average molecular weight is 329 g/mol. The number of imidazole rings is 1. The second kappa shape index (κ2) is 7.79. The largest absolute Gasteiger partial charge is 0.380 e. The van der Waals surface area contributed by atoms with Crippen molar-refractivity contribution in [1.29, 1.82) is 0 Å². The molecule has 0 unspecified atom stereocenters. The number of carbonyl (C=O) groups is 1. The molecule has 1 aliphatic heterocycles. The molecule has 0 spiro atoms. The average Bonchev–Trinajstić information content (AvgIpc) is 3.14. The Morgan fingerprint density at radius 1 is 1.25 bits per heavy atom. The predicted molar refractivity (Wildman–Crippen MR) is 95.1 cm³/mol. The van der Waals surface area contributed by atoms with E-state index in [1.165, 1.54) is 0 Å². The molecule has 3 rings (SSSR count). The molecular formula is C19H27N3O2. The first-order valence-corrected chi connectivity index (χ1v) is 9.05. The molecule has 0 N–H and O–H groups in total. The molecule has 0 bridgehead atoms. The third kappa shape index (κ3) is 3.46. The summed E-state index contributed by atoms with van der Waals surface area (Å²) in [4.78, 5) is 19.2. The van der Waals surface area contributed by atoms with E-state index in [4.69, 9.17) is 9.72 Å². The first kappa shape index (κ1) is 17.0. The molecule has 0 aliphatic carbocycles. The molecule has 1 aliphatic rings. The normalized spacial score (nSPS) is 18.0. The highest BCUT2D eigenvalue weighted by Crippen LogP contribution is 2.30. The van der Waals surface area contributed by atoms with Crippen molar-refractivity contribution in [2.45, 2.75) is 45.6 Å². The van der Waals surface area contributed by atoms with Crippen LogP contribution >= 0.6 is 0 Å². The first-order chi connectivity index (χ1) is 11.7.